The normalized spacial score (nSPS) is 14.2. The smallest absolute Gasteiger partial charge is 0.407 e. The first kappa shape index (κ1) is 24.2. The Morgan fingerprint density at radius 2 is 1.51 bits per heavy atom. The van der Waals surface area contributed by atoms with E-state index in [1.807, 2.05) is 36.4 Å². The molecule has 4 N–H and O–H groups in total. The van der Waals surface area contributed by atoms with Gasteiger partial charge >= 0.3 is 12.1 Å². The Morgan fingerprint density at radius 3 is 2.17 bits per heavy atom. The van der Waals surface area contributed by atoms with Gasteiger partial charge in [0.2, 0.25) is 0 Å². The van der Waals surface area contributed by atoms with Crippen LogP contribution in [0.3, 0.4) is 0 Å². The molecule has 7 heteroatoms. The Hall–Kier alpha value is -3.94. The highest BCUT2D eigenvalue weighted by Gasteiger charge is 2.29. The van der Waals surface area contributed by atoms with Crippen molar-refractivity contribution >= 4 is 18.1 Å². The molecule has 0 heterocycles. The van der Waals surface area contributed by atoms with Crippen molar-refractivity contribution in [2.45, 2.75) is 24.5 Å². The number of alkyl carbamates (subject to hydrolysis) is 1. The third kappa shape index (κ3) is 5.59. The van der Waals surface area contributed by atoms with Crippen LogP contribution in [-0.4, -0.2) is 46.6 Å². The van der Waals surface area contributed by atoms with Crippen LogP contribution in [0.1, 0.15) is 40.7 Å². The molecule has 0 radical (unpaired) electrons. The van der Waals surface area contributed by atoms with Crippen LogP contribution in [0, 0.1) is 0 Å². The number of ether oxygens (including phenoxy) is 1. The van der Waals surface area contributed by atoms with Crippen LogP contribution in [0.4, 0.5) is 4.79 Å². The fraction of sp³-hybridized carbons (Fsp3) is 0.214. The second-order valence-electron chi connectivity index (χ2n) is 8.35. The van der Waals surface area contributed by atoms with Crippen molar-refractivity contribution < 1.29 is 29.6 Å². The average molecular weight is 474 g/mol. The molecule has 0 saturated heterocycles. The zero-order valence-electron chi connectivity index (χ0n) is 19.0. The first-order valence-electron chi connectivity index (χ1n) is 11.4. The number of benzene rings is 3. The molecule has 3 aromatic carbocycles. The largest absolute Gasteiger partial charge is 0.478 e. The lowest BCUT2D eigenvalue weighted by molar-refractivity contribution is -0.131. The summed E-state index contributed by atoms with van der Waals surface area (Å²) in [6.07, 6.45) is -0.586. The van der Waals surface area contributed by atoms with Gasteiger partial charge in [0.25, 0.3) is 0 Å². The van der Waals surface area contributed by atoms with E-state index < -0.39 is 24.3 Å². The predicted octanol–water partition coefficient (Wildman–Crippen LogP) is 4.11. The van der Waals surface area contributed by atoms with E-state index in [4.69, 9.17) is 9.84 Å². The van der Waals surface area contributed by atoms with Crippen molar-refractivity contribution in [2.24, 2.45) is 0 Å². The summed E-state index contributed by atoms with van der Waals surface area (Å²) in [5.74, 6) is -1.15. The van der Waals surface area contributed by atoms with E-state index in [0.29, 0.717) is 11.1 Å². The van der Waals surface area contributed by atoms with Crippen molar-refractivity contribution in [3.8, 4) is 11.1 Å². The van der Waals surface area contributed by atoms with Gasteiger partial charge in [0.1, 0.15) is 12.7 Å². The molecular formula is C28H27NO6. The number of hydrogen-bond acceptors (Lipinski definition) is 5. The van der Waals surface area contributed by atoms with Crippen molar-refractivity contribution in [3.05, 3.63) is 101 Å². The molecule has 180 valence electrons. The van der Waals surface area contributed by atoms with E-state index >= 15 is 0 Å². The second kappa shape index (κ2) is 11.0. The van der Waals surface area contributed by atoms with E-state index in [1.54, 1.807) is 24.3 Å². The maximum Gasteiger partial charge on any atom is 0.407 e. The summed E-state index contributed by atoms with van der Waals surface area (Å²) >= 11 is 0. The predicted molar refractivity (Wildman–Crippen MR) is 132 cm³/mol. The zero-order chi connectivity index (χ0) is 24.8. The molecule has 0 spiro atoms. The molecule has 2 atom stereocenters. The maximum absolute atomic E-state index is 12.3. The molecule has 4 rings (SSSR count). The standard InChI is InChI=1S/C28H27NO6/c30-25(27(33)19-8-2-1-7-18(19)13-14-26(31)32)15-16-29-28(34)35-17-24-22-11-5-3-9-20(22)21-10-4-6-12-23(21)24/h1-14,24-25,27,30,33H,15-17H2,(H,29,34)(H,31,32)/b14-13+. The highest BCUT2D eigenvalue weighted by Crippen LogP contribution is 2.44. The number of rotatable bonds is 9. The summed E-state index contributed by atoms with van der Waals surface area (Å²) in [6.45, 7) is 0.288. The van der Waals surface area contributed by atoms with E-state index in [-0.39, 0.29) is 25.5 Å². The Balaban J connectivity index is 1.29. The van der Waals surface area contributed by atoms with E-state index in [0.717, 1.165) is 28.3 Å². The number of aliphatic carboxylic acids is 1. The molecule has 7 nitrogen and oxygen atoms in total. The third-order valence-corrected chi connectivity index (χ3v) is 6.14. The molecule has 3 aromatic rings. The van der Waals surface area contributed by atoms with Crippen LogP contribution in [0.25, 0.3) is 17.2 Å². The molecule has 1 amide bonds. The van der Waals surface area contributed by atoms with Gasteiger partial charge in [0, 0.05) is 18.5 Å². The molecule has 0 saturated carbocycles. The van der Waals surface area contributed by atoms with Crippen molar-refractivity contribution in [1.82, 2.24) is 5.32 Å². The lowest BCUT2D eigenvalue weighted by atomic mass is 9.97. The average Bonchev–Trinajstić information content (AvgIpc) is 3.19. The first-order valence-corrected chi connectivity index (χ1v) is 11.4. The minimum Gasteiger partial charge on any atom is -0.478 e. The van der Waals surface area contributed by atoms with E-state index in [2.05, 4.69) is 17.4 Å². The van der Waals surface area contributed by atoms with Crippen LogP contribution in [0.2, 0.25) is 0 Å². The van der Waals surface area contributed by atoms with Crippen LogP contribution in [0.15, 0.2) is 78.9 Å². The highest BCUT2D eigenvalue weighted by atomic mass is 16.5. The van der Waals surface area contributed by atoms with Crippen molar-refractivity contribution in [2.75, 3.05) is 13.2 Å². The molecule has 35 heavy (non-hydrogen) atoms. The topological polar surface area (TPSA) is 116 Å². The summed E-state index contributed by atoms with van der Waals surface area (Å²) in [7, 11) is 0. The van der Waals surface area contributed by atoms with Gasteiger partial charge < -0.3 is 25.4 Å². The van der Waals surface area contributed by atoms with Crippen molar-refractivity contribution in [3.63, 3.8) is 0 Å². The molecule has 1 aliphatic carbocycles. The summed E-state index contributed by atoms with van der Waals surface area (Å²) < 4.78 is 5.48. The van der Waals surface area contributed by atoms with Crippen LogP contribution in [0.5, 0.6) is 0 Å². The number of carbonyl (C=O) groups is 2. The fourth-order valence-electron chi connectivity index (χ4n) is 4.43. The van der Waals surface area contributed by atoms with Gasteiger partial charge in [0.05, 0.1) is 6.10 Å². The second-order valence-corrected chi connectivity index (χ2v) is 8.35. The lowest BCUT2D eigenvalue weighted by Gasteiger charge is -2.20. The summed E-state index contributed by atoms with van der Waals surface area (Å²) in [5.41, 5.74) is 5.43. The van der Waals surface area contributed by atoms with Gasteiger partial charge in [-0.3, -0.25) is 0 Å². The number of carboxylic acids is 1. The molecule has 0 aromatic heterocycles. The Morgan fingerprint density at radius 1 is 0.914 bits per heavy atom. The van der Waals surface area contributed by atoms with Crippen molar-refractivity contribution in [1.29, 1.82) is 0 Å². The third-order valence-electron chi connectivity index (χ3n) is 6.14. The van der Waals surface area contributed by atoms with E-state index in [9.17, 15) is 19.8 Å². The molecule has 2 unspecified atom stereocenters. The number of nitrogens with one attached hydrogen (secondary N) is 1. The van der Waals surface area contributed by atoms with Gasteiger partial charge in [-0.05, 0) is 45.9 Å². The fourth-order valence-corrected chi connectivity index (χ4v) is 4.43. The SMILES string of the molecule is O=C(O)/C=C/c1ccccc1C(O)C(O)CCNC(=O)OCC1c2ccccc2-c2ccccc21. The number of hydrogen-bond donors (Lipinski definition) is 4. The number of amides is 1. The van der Waals surface area contributed by atoms with E-state index in [1.165, 1.54) is 6.08 Å². The maximum atomic E-state index is 12.3. The summed E-state index contributed by atoms with van der Waals surface area (Å²) in [5, 5.41) is 32.4. The summed E-state index contributed by atoms with van der Waals surface area (Å²) in [6, 6.07) is 22.8. The minimum absolute atomic E-state index is 0.0454. The number of carboxylic acid groups (broad SMARTS) is 1. The zero-order valence-corrected chi connectivity index (χ0v) is 19.0. The number of carbonyl (C=O) groups excluding carboxylic acids is 1. The van der Waals surface area contributed by atoms with Gasteiger partial charge in [0.15, 0.2) is 0 Å². The number of fused-ring (bicyclic) bond motifs is 3. The Bertz CT molecular complexity index is 1190. The molecule has 0 bridgehead atoms. The monoisotopic (exact) mass is 473 g/mol. The van der Waals surface area contributed by atoms with Gasteiger partial charge in [-0.1, -0.05) is 72.8 Å². The van der Waals surface area contributed by atoms with Gasteiger partial charge in [-0.15, -0.1) is 0 Å². The van der Waals surface area contributed by atoms with Crippen LogP contribution >= 0.6 is 0 Å². The Kier molecular flexibility index (Phi) is 7.60. The quantitative estimate of drug-likeness (QED) is 0.348. The first-order chi connectivity index (χ1) is 17.0. The van der Waals surface area contributed by atoms with Crippen LogP contribution in [-0.2, 0) is 9.53 Å². The molecule has 0 fully saturated rings. The molecule has 1 aliphatic rings. The summed E-state index contributed by atoms with van der Waals surface area (Å²) in [4.78, 5) is 23.1. The number of aliphatic hydroxyl groups is 2. The lowest BCUT2D eigenvalue weighted by Crippen LogP contribution is -2.30. The molecule has 0 aliphatic heterocycles. The Labute approximate surface area is 203 Å². The number of aliphatic hydroxyl groups excluding tert-OH is 2. The highest BCUT2D eigenvalue weighted by molar-refractivity contribution is 5.85. The van der Waals surface area contributed by atoms with Gasteiger partial charge in [-0.25, -0.2) is 9.59 Å². The molecular weight excluding hydrogens is 446 g/mol. The van der Waals surface area contributed by atoms with Gasteiger partial charge in [-0.2, -0.15) is 0 Å². The minimum atomic E-state index is -1.24. The van der Waals surface area contributed by atoms with Crippen LogP contribution < -0.4 is 5.32 Å².